The van der Waals surface area contributed by atoms with Gasteiger partial charge in [-0.3, -0.25) is 34.2 Å². The predicted octanol–water partition coefficient (Wildman–Crippen LogP) is -1.98. The maximum atomic E-state index is 13.1. The number of hydrogen-bond acceptors (Lipinski definition) is 8. The molecule has 2 heterocycles. The van der Waals surface area contributed by atoms with Crippen molar-refractivity contribution in [1.82, 2.24) is 15.5 Å². The van der Waals surface area contributed by atoms with Gasteiger partial charge in [-0.15, -0.1) is 0 Å². The third-order valence-corrected chi connectivity index (χ3v) is 7.45. The summed E-state index contributed by atoms with van der Waals surface area (Å²) in [5.74, 6) is -4.29. The van der Waals surface area contributed by atoms with Crippen LogP contribution in [0.4, 0.5) is 0 Å². The predicted molar refractivity (Wildman–Crippen MR) is 110 cm³/mol. The van der Waals surface area contributed by atoms with Gasteiger partial charge >= 0.3 is 0 Å². The molecule has 2 bridgehead atoms. The lowest BCUT2D eigenvalue weighted by molar-refractivity contribution is -0.136. The van der Waals surface area contributed by atoms with E-state index < -0.39 is 65.7 Å². The molecular weight excluding hydrogens is 432 g/mol. The number of aliphatic hydroxyl groups is 2. The number of nitrogens with zero attached hydrogens (tertiary/aromatic N) is 1. The number of aliphatic hydroxyl groups excluding tert-OH is 2. The first kappa shape index (κ1) is 21.7. The van der Waals surface area contributed by atoms with E-state index in [4.69, 9.17) is 5.73 Å². The zero-order chi connectivity index (χ0) is 23.6. The van der Waals surface area contributed by atoms with Crippen molar-refractivity contribution in [3.05, 3.63) is 34.9 Å². The molecule has 6 N–H and O–H groups in total. The standard InChI is InChI=1S/C22H24N4O7/c23-16-15-10(6-11(17(15)28)18(16)29)19(30)24-7-8-2-1-3-9-14(8)22(33)26(21(9)32)12-4-5-13(27)25-20(12)31/h1-3,10-12,15-18,28-29H,4-7,23H2,(H,24,30)(H,25,27,31)/t10-,11+,12?,15?,16-,17-,18+/m0/s1. The Morgan fingerprint density at radius 3 is 2.58 bits per heavy atom. The first-order chi connectivity index (χ1) is 15.7. The molecule has 0 spiro atoms. The number of fused-ring (bicyclic) bond motifs is 3. The fourth-order valence-electron chi connectivity index (χ4n) is 5.79. The third kappa shape index (κ3) is 3.18. The van der Waals surface area contributed by atoms with Crippen molar-refractivity contribution in [3.63, 3.8) is 0 Å². The minimum atomic E-state index is -1.07. The molecule has 3 fully saturated rings. The third-order valence-electron chi connectivity index (χ3n) is 7.45. The topological polar surface area (TPSA) is 179 Å². The molecule has 2 aliphatic carbocycles. The summed E-state index contributed by atoms with van der Waals surface area (Å²) in [5, 5.41) is 25.3. The van der Waals surface area contributed by atoms with Gasteiger partial charge in [0.2, 0.25) is 17.7 Å². The van der Waals surface area contributed by atoms with E-state index in [-0.39, 0.29) is 36.4 Å². The monoisotopic (exact) mass is 456 g/mol. The van der Waals surface area contributed by atoms with Crippen LogP contribution < -0.4 is 16.4 Å². The van der Waals surface area contributed by atoms with Crippen LogP contribution in [-0.2, 0) is 20.9 Å². The molecule has 2 aliphatic heterocycles. The summed E-state index contributed by atoms with van der Waals surface area (Å²) >= 11 is 0. The zero-order valence-electron chi connectivity index (χ0n) is 17.6. The van der Waals surface area contributed by atoms with Gasteiger partial charge in [-0.25, -0.2) is 0 Å². The fraction of sp³-hybridized carbons (Fsp3) is 0.500. The van der Waals surface area contributed by atoms with E-state index in [1.54, 1.807) is 12.1 Å². The molecule has 1 saturated heterocycles. The SMILES string of the molecule is N[C@H]1C2[C@@H](C(=O)NCc3cccc4c3C(=O)N(C3CCC(=O)NC3=O)C4=O)C[C@@H]([C@H]1O)[C@@H]2O. The van der Waals surface area contributed by atoms with Crippen LogP contribution in [0.3, 0.4) is 0 Å². The minimum Gasteiger partial charge on any atom is -0.392 e. The van der Waals surface area contributed by atoms with Crippen molar-refractivity contribution in [2.45, 2.75) is 50.1 Å². The highest BCUT2D eigenvalue weighted by Gasteiger charge is 2.59. The Bertz CT molecular complexity index is 1080. The van der Waals surface area contributed by atoms with Gasteiger partial charge in [0.15, 0.2) is 0 Å². The number of piperidine rings is 1. The number of nitrogens with one attached hydrogen (secondary N) is 2. The molecule has 2 unspecified atom stereocenters. The van der Waals surface area contributed by atoms with Crippen LogP contribution >= 0.6 is 0 Å². The summed E-state index contributed by atoms with van der Waals surface area (Å²) in [7, 11) is 0. The molecule has 11 heteroatoms. The molecule has 0 radical (unpaired) electrons. The number of carbonyl (C=O) groups is 5. The highest BCUT2D eigenvalue weighted by atomic mass is 16.3. The molecule has 1 aromatic rings. The largest absolute Gasteiger partial charge is 0.392 e. The van der Waals surface area contributed by atoms with Crippen LogP contribution in [0, 0.1) is 17.8 Å². The summed E-state index contributed by atoms with van der Waals surface area (Å²) in [5.41, 5.74) is 6.64. The normalized spacial score (nSPS) is 35.1. The van der Waals surface area contributed by atoms with Crippen molar-refractivity contribution < 1.29 is 34.2 Å². The van der Waals surface area contributed by atoms with Crippen LogP contribution in [-0.4, -0.2) is 68.9 Å². The average molecular weight is 456 g/mol. The molecule has 11 nitrogen and oxygen atoms in total. The van der Waals surface area contributed by atoms with E-state index in [2.05, 4.69) is 10.6 Å². The number of rotatable bonds is 4. The maximum absolute atomic E-state index is 13.1. The van der Waals surface area contributed by atoms with E-state index in [1.165, 1.54) is 6.07 Å². The number of benzene rings is 1. The first-order valence-electron chi connectivity index (χ1n) is 10.9. The first-order valence-corrected chi connectivity index (χ1v) is 10.9. The number of imide groups is 2. The Kier molecular flexibility index (Phi) is 5.07. The van der Waals surface area contributed by atoms with Crippen LogP contribution in [0.25, 0.3) is 0 Å². The Labute approximate surface area is 188 Å². The molecule has 2 saturated carbocycles. The van der Waals surface area contributed by atoms with E-state index in [0.717, 1.165) is 4.90 Å². The van der Waals surface area contributed by atoms with Crippen molar-refractivity contribution in [2.75, 3.05) is 0 Å². The van der Waals surface area contributed by atoms with Crippen LogP contribution in [0.2, 0.25) is 0 Å². The van der Waals surface area contributed by atoms with E-state index >= 15 is 0 Å². The summed E-state index contributed by atoms with van der Waals surface area (Å²) in [6.45, 7) is -0.0357. The average Bonchev–Trinajstić information content (AvgIpc) is 3.32. The van der Waals surface area contributed by atoms with Crippen molar-refractivity contribution in [3.8, 4) is 0 Å². The lowest BCUT2D eigenvalue weighted by atomic mass is 9.83. The Hall–Kier alpha value is -3.15. The van der Waals surface area contributed by atoms with Gasteiger partial charge in [0.05, 0.1) is 23.3 Å². The van der Waals surface area contributed by atoms with E-state index in [9.17, 15) is 34.2 Å². The maximum Gasteiger partial charge on any atom is 0.262 e. The van der Waals surface area contributed by atoms with Crippen LogP contribution in [0.1, 0.15) is 45.5 Å². The summed E-state index contributed by atoms with van der Waals surface area (Å²) in [6, 6.07) is 2.94. The van der Waals surface area contributed by atoms with Gasteiger partial charge in [0.25, 0.3) is 11.8 Å². The Morgan fingerprint density at radius 1 is 1.15 bits per heavy atom. The van der Waals surface area contributed by atoms with Gasteiger partial charge in [-0.1, -0.05) is 12.1 Å². The number of carbonyl (C=O) groups excluding carboxylic acids is 5. The Morgan fingerprint density at radius 2 is 1.91 bits per heavy atom. The minimum absolute atomic E-state index is 0.0267. The zero-order valence-corrected chi connectivity index (χ0v) is 17.6. The molecule has 5 amide bonds. The quantitative estimate of drug-likeness (QED) is 0.323. The highest BCUT2D eigenvalue weighted by molar-refractivity contribution is 6.24. The number of amides is 5. The highest BCUT2D eigenvalue weighted by Crippen LogP contribution is 2.48. The van der Waals surface area contributed by atoms with Gasteiger partial charge in [0, 0.05) is 36.8 Å². The van der Waals surface area contributed by atoms with Gasteiger partial charge in [0.1, 0.15) is 6.04 Å². The van der Waals surface area contributed by atoms with E-state index in [1.807, 2.05) is 0 Å². The lowest BCUT2D eigenvalue weighted by Gasteiger charge is -2.29. The lowest BCUT2D eigenvalue weighted by Crippen LogP contribution is -2.54. The van der Waals surface area contributed by atoms with Gasteiger partial charge in [-0.05, 0) is 24.5 Å². The second-order valence-electron chi connectivity index (χ2n) is 9.15. The molecule has 33 heavy (non-hydrogen) atoms. The molecule has 7 atom stereocenters. The van der Waals surface area contributed by atoms with Crippen LogP contribution in [0.5, 0.6) is 0 Å². The van der Waals surface area contributed by atoms with Crippen molar-refractivity contribution in [1.29, 1.82) is 0 Å². The fourth-order valence-corrected chi connectivity index (χ4v) is 5.79. The smallest absolute Gasteiger partial charge is 0.262 e. The number of hydrogen-bond donors (Lipinski definition) is 5. The molecule has 5 rings (SSSR count). The number of nitrogens with two attached hydrogens (primary N) is 1. The summed E-state index contributed by atoms with van der Waals surface area (Å²) < 4.78 is 0. The van der Waals surface area contributed by atoms with Crippen LogP contribution in [0.15, 0.2) is 18.2 Å². The molecule has 1 aromatic carbocycles. The molecule has 174 valence electrons. The molecule has 0 aromatic heterocycles. The van der Waals surface area contributed by atoms with Crippen molar-refractivity contribution >= 4 is 29.5 Å². The molecular formula is C22H24N4O7. The summed E-state index contributed by atoms with van der Waals surface area (Å²) in [6.07, 6.45) is -1.28. The summed E-state index contributed by atoms with van der Waals surface area (Å²) in [4.78, 5) is 63.4. The van der Waals surface area contributed by atoms with Gasteiger partial charge in [-0.2, -0.15) is 0 Å². The van der Waals surface area contributed by atoms with E-state index in [0.29, 0.717) is 12.0 Å². The van der Waals surface area contributed by atoms with Gasteiger partial charge < -0.3 is 21.3 Å². The molecule has 4 aliphatic rings. The Balaban J connectivity index is 1.32. The van der Waals surface area contributed by atoms with Crippen molar-refractivity contribution in [2.24, 2.45) is 23.5 Å². The second kappa shape index (κ2) is 7.72. The second-order valence-corrected chi connectivity index (χ2v) is 9.15.